The number of carbonyl (C=O) groups is 4. The van der Waals surface area contributed by atoms with Crippen LogP contribution in [0, 0.1) is 6.92 Å². The number of hydrogen-bond acceptors (Lipinski definition) is 6. The Kier molecular flexibility index (Phi) is 7.32. The van der Waals surface area contributed by atoms with Crippen LogP contribution < -0.4 is 10.6 Å². The highest BCUT2D eigenvalue weighted by molar-refractivity contribution is 7.14. The minimum Gasteiger partial charge on any atom is -0.453 e. The Labute approximate surface area is 156 Å². The number of ether oxygens (including phenoxy) is 1. The van der Waals surface area contributed by atoms with Crippen molar-refractivity contribution in [3.63, 3.8) is 0 Å². The number of urea groups is 1. The molecule has 1 aromatic rings. The Morgan fingerprint density at radius 2 is 1.88 bits per heavy atom. The van der Waals surface area contributed by atoms with Crippen molar-refractivity contribution in [1.82, 2.24) is 10.6 Å². The third-order valence-corrected chi connectivity index (χ3v) is 5.22. The monoisotopic (exact) mass is 380 g/mol. The topological polar surface area (TPSA) is 102 Å². The number of ketones is 1. The molecule has 3 amide bonds. The third-order valence-electron chi connectivity index (χ3n) is 4.18. The maximum atomic E-state index is 12.0. The van der Waals surface area contributed by atoms with Gasteiger partial charge in [-0.15, -0.1) is 11.3 Å². The maximum Gasteiger partial charge on any atom is 0.321 e. The van der Waals surface area contributed by atoms with Crippen LogP contribution in [0.15, 0.2) is 12.1 Å². The first-order valence-corrected chi connectivity index (χ1v) is 9.57. The molecule has 0 bridgehead atoms. The van der Waals surface area contributed by atoms with Gasteiger partial charge in [-0.2, -0.15) is 0 Å². The number of rotatable bonds is 7. The van der Waals surface area contributed by atoms with Gasteiger partial charge in [0.15, 0.2) is 11.9 Å². The largest absolute Gasteiger partial charge is 0.453 e. The van der Waals surface area contributed by atoms with Crippen molar-refractivity contribution < 1.29 is 23.9 Å². The summed E-state index contributed by atoms with van der Waals surface area (Å²) in [5, 5.41) is 4.90. The summed E-state index contributed by atoms with van der Waals surface area (Å²) in [6.45, 7) is 3.29. The Morgan fingerprint density at radius 1 is 1.19 bits per heavy atom. The molecule has 142 valence electrons. The van der Waals surface area contributed by atoms with Crippen molar-refractivity contribution in [2.24, 2.45) is 0 Å². The van der Waals surface area contributed by atoms with Crippen molar-refractivity contribution >= 4 is 35.0 Å². The fraction of sp³-hybridized carbons (Fsp3) is 0.556. The van der Waals surface area contributed by atoms with E-state index >= 15 is 0 Å². The molecule has 7 nitrogen and oxygen atoms in total. The van der Waals surface area contributed by atoms with Crippen molar-refractivity contribution in [3.05, 3.63) is 21.9 Å². The number of amides is 3. The lowest BCUT2D eigenvalue weighted by molar-refractivity contribution is -0.154. The van der Waals surface area contributed by atoms with E-state index in [-0.39, 0.29) is 24.7 Å². The first kappa shape index (κ1) is 20.1. The number of Topliss-reactive ketones (excluding diaryl/α,β-unsaturated/α-hetero) is 1. The fourth-order valence-electron chi connectivity index (χ4n) is 2.74. The van der Waals surface area contributed by atoms with Gasteiger partial charge >= 0.3 is 12.0 Å². The summed E-state index contributed by atoms with van der Waals surface area (Å²) in [5.41, 5.74) is 0. The Balaban J connectivity index is 1.69. The molecule has 2 rings (SSSR count). The number of aryl methyl sites for hydroxylation is 1. The maximum absolute atomic E-state index is 12.0. The molecular weight excluding hydrogens is 356 g/mol. The average molecular weight is 380 g/mol. The number of nitrogens with one attached hydrogen (secondary N) is 2. The number of thiophene rings is 1. The van der Waals surface area contributed by atoms with Crippen molar-refractivity contribution in [1.29, 1.82) is 0 Å². The van der Waals surface area contributed by atoms with E-state index in [1.54, 1.807) is 6.07 Å². The van der Waals surface area contributed by atoms with Crippen molar-refractivity contribution in [3.8, 4) is 0 Å². The second kappa shape index (κ2) is 9.47. The molecule has 1 saturated carbocycles. The van der Waals surface area contributed by atoms with Gasteiger partial charge in [0.2, 0.25) is 0 Å². The molecule has 0 aliphatic heterocycles. The molecule has 1 aromatic heterocycles. The molecule has 0 spiro atoms. The lowest BCUT2D eigenvalue weighted by Gasteiger charge is -2.15. The molecule has 1 fully saturated rings. The minimum atomic E-state index is -1.10. The summed E-state index contributed by atoms with van der Waals surface area (Å²) in [5.74, 6) is -1.47. The summed E-state index contributed by atoms with van der Waals surface area (Å²) in [6.07, 6.45) is 2.76. The zero-order valence-electron chi connectivity index (χ0n) is 15.0. The van der Waals surface area contributed by atoms with E-state index in [2.05, 4.69) is 10.6 Å². The molecule has 0 saturated heterocycles. The number of carbonyl (C=O) groups excluding carboxylic acids is 4. The SMILES string of the molecule is Cc1ccc(C(=O)CCC(=O)O[C@H](C)C(=O)NC(=O)NC2CCCC2)s1. The van der Waals surface area contributed by atoms with Crippen LogP contribution in [0.3, 0.4) is 0 Å². The minimum absolute atomic E-state index is 0.0231. The number of esters is 1. The molecule has 8 heteroatoms. The predicted molar refractivity (Wildman–Crippen MR) is 97.1 cm³/mol. The summed E-state index contributed by atoms with van der Waals surface area (Å²) >= 11 is 1.38. The molecule has 1 heterocycles. The van der Waals surface area contributed by atoms with Crippen LogP contribution in [0.2, 0.25) is 0 Å². The van der Waals surface area contributed by atoms with Crippen LogP contribution in [-0.2, 0) is 14.3 Å². The number of hydrogen-bond donors (Lipinski definition) is 2. The lowest BCUT2D eigenvalue weighted by atomic mass is 10.2. The van der Waals surface area contributed by atoms with Crippen LogP contribution in [0.1, 0.15) is 60.0 Å². The highest BCUT2D eigenvalue weighted by atomic mass is 32.1. The van der Waals surface area contributed by atoms with Crippen molar-refractivity contribution in [2.45, 2.75) is 64.5 Å². The Hall–Kier alpha value is -2.22. The number of imide groups is 1. The Bertz CT molecular complexity index is 679. The normalized spacial score (nSPS) is 15.3. The van der Waals surface area contributed by atoms with Gasteiger partial charge in [-0.05, 0) is 38.8 Å². The van der Waals surface area contributed by atoms with E-state index in [0.29, 0.717) is 4.88 Å². The van der Waals surface area contributed by atoms with E-state index in [0.717, 1.165) is 30.6 Å². The molecular formula is C18H24N2O5S. The zero-order chi connectivity index (χ0) is 19.1. The zero-order valence-corrected chi connectivity index (χ0v) is 15.8. The van der Waals surface area contributed by atoms with Crippen LogP contribution in [-0.4, -0.2) is 35.8 Å². The molecule has 0 unspecified atom stereocenters. The van der Waals surface area contributed by atoms with Gasteiger partial charge in [-0.3, -0.25) is 19.7 Å². The van der Waals surface area contributed by atoms with Gasteiger partial charge in [0.25, 0.3) is 5.91 Å². The highest BCUT2D eigenvalue weighted by Crippen LogP contribution is 2.18. The van der Waals surface area contributed by atoms with Crippen LogP contribution in [0.5, 0.6) is 0 Å². The van der Waals surface area contributed by atoms with Crippen LogP contribution >= 0.6 is 11.3 Å². The molecule has 26 heavy (non-hydrogen) atoms. The fourth-order valence-corrected chi connectivity index (χ4v) is 3.57. The quantitative estimate of drug-likeness (QED) is 0.559. The van der Waals surface area contributed by atoms with Gasteiger partial charge in [-0.25, -0.2) is 4.79 Å². The van der Waals surface area contributed by atoms with E-state index in [1.807, 2.05) is 13.0 Å². The molecule has 0 radical (unpaired) electrons. The molecule has 0 aromatic carbocycles. The van der Waals surface area contributed by atoms with E-state index in [4.69, 9.17) is 4.74 Å². The van der Waals surface area contributed by atoms with Gasteiger partial charge in [0.1, 0.15) is 0 Å². The molecule has 1 atom stereocenters. The van der Waals surface area contributed by atoms with Gasteiger partial charge in [-0.1, -0.05) is 12.8 Å². The first-order valence-electron chi connectivity index (χ1n) is 8.75. The van der Waals surface area contributed by atoms with E-state index in [9.17, 15) is 19.2 Å². The standard InChI is InChI=1S/C18H24N2O5S/c1-11-7-9-15(26-11)14(21)8-10-16(22)25-12(2)17(23)20-18(24)19-13-5-3-4-6-13/h7,9,12-13H,3-6,8,10H2,1-2H3,(H2,19,20,23,24)/t12-/m1/s1. The lowest BCUT2D eigenvalue weighted by Crippen LogP contribution is -2.47. The van der Waals surface area contributed by atoms with E-state index in [1.165, 1.54) is 18.3 Å². The molecule has 1 aliphatic rings. The van der Waals surface area contributed by atoms with Crippen LogP contribution in [0.25, 0.3) is 0 Å². The average Bonchev–Trinajstić information content (AvgIpc) is 3.24. The Morgan fingerprint density at radius 3 is 2.50 bits per heavy atom. The third kappa shape index (κ3) is 6.25. The highest BCUT2D eigenvalue weighted by Gasteiger charge is 2.23. The van der Waals surface area contributed by atoms with E-state index < -0.39 is 24.0 Å². The summed E-state index contributed by atoms with van der Waals surface area (Å²) < 4.78 is 4.99. The van der Waals surface area contributed by atoms with Crippen molar-refractivity contribution in [2.75, 3.05) is 0 Å². The first-order chi connectivity index (χ1) is 12.3. The van der Waals surface area contributed by atoms with Crippen LogP contribution in [0.4, 0.5) is 4.79 Å². The second-order valence-corrected chi connectivity index (χ2v) is 7.70. The van der Waals surface area contributed by atoms with Gasteiger partial charge in [0, 0.05) is 17.3 Å². The molecule has 1 aliphatic carbocycles. The van der Waals surface area contributed by atoms with Gasteiger partial charge in [0.05, 0.1) is 11.3 Å². The second-order valence-electron chi connectivity index (χ2n) is 6.41. The molecule has 2 N–H and O–H groups in total. The summed E-state index contributed by atoms with van der Waals surface area (Å²) in [4.78, 5) is 49.1. The summed E-state index contributed by atoms with van der Waals surface area (Å²) in [6, 6.07) is 3.09. The smallest absolute Gasteiger partial charge is 0.321 e. The summed E-state index contributed by atoms with van der Waals surface area (Å²) in [7, 11) is 0. The van der Waals surface area contributed by atoms with Gasteiger partial charge < -0.3 is 10.1 Å². The predicted octanol–water partition coefficient (Wildman–Crippen LogP) is 2.72.